The van der Waals surface area contributed by atoms with Crippen LogP contribution in [0.25, 0.3) is 0 Å². The molecule has 0 aliphatic rings. The molecule has 0 saturated carbocycles. The minimum absolute atomic E-state index is 0.00986. The van der Waals surface area contributed by atoms with Gasteiger partial charge >= 0.3 is 12.1 Å². The lowest BCUT2D eigenvalue weighted by Gasteiger charge is -2.24. The summed E-state index contributed by atoms with van der Waals surface area (Å²) in [5.41, 5.74) is 7.55. The minimum atomic E-state index is -1.05. The number of benzene rings is 1. The summed E-state index contributed by atoms with van der Waals surface area (Å²) in [5, 5.41) is 26.3. The molecule has 0 saturated heterocycles. The van der Waals surface area contributed by atoms with E-state index >= 15 is 0 Å². The van der Waals surface area contributed by atoms with E-state index in [1.165, 1.54) is 0 Å². The van der Waals surface area contributed by atoms with Crippen molar-refractivity contribution >= 4 is 89.2 Å². The van der Waals surface area contributed by atoms with Crippen molar-refractivity contribution in [3.8, 4) is 0 Å². The van der Waals surface area contributed by atoms with Crippen molar-refractivity contribution in [3.63, 3.8) is 0 Å². The van der Waals surface area contributed by atoms with Crippen LogP contribution in [0, 0.1) is 5.92 Å². The molecule has 1 heterocycles. The molecule has 0 bridgehead atoms. The fourth-order valence-corrected chi connectivity index (χ4v) is 8.95. The Morgan fingerprint density at radius 1 is 0.636 bits per heavy atom. The lowest BCUT2D eigenvalue weighted by molar-refractivity contribution is -0.133. The molecule has 1 aromatic heterocycles. The number of rotatable bonds is 60. The molecule has 28 nitrogen and oxygen atoms in total. The SMILES string of the molecule is CSCCCOCCOCCOCCOCCOCCOCCOCCOCCOCCOCCOCCn1cc(CNC(=O)OCc2ccc(NC(=O)[C@H](CCCNC(N)=O)NC(=O)[C@H](CC(C)C)NC(=O)CO/N=C(\CSC)CSCS)cc2)nn1. The number of oxime groups is 1. The monoisotopic (exact) mass is 1330 g/mol. The molecule has 2 atom stereocenters. The number of anilines is 1. The first-order valence-corrected chi connectivity index (χ1v) is 34.0. The number of aromatic nitrogens is 3. The van der Waals surface area contributed by atoms with Gasteiger partial charge in [0, 0.05) is 35.4 Å². The molecule has 504 valence electrons. The number of hydrogen-bond acceptors (Lipinski definition) is 25. The van der Waals surface area contributed by atoms with Crippen LogP contribution < -0.4 is 32.3 Å². The lowest BCUT2D eigenvalue weighted by atomic mass is 10.0. The summed E-state index contributed by atoms with van der Waals surface area (Å²) >= 11 is 9.16. The zero-order valence-corrected chi connectivity index (χ0v) is 55.1. The van der Waals surface area contributed by atoms with Crippen molar-refractivity contribution in [2.75, 3.05) is 199 Å². The molecular formula is C56H98N10O18S4. The average Bonchev–Trinajstić information content (AvgIpc) is 4.16. The number of ether oxygens (including phenoxy) is 12. The summed E-state index contributed by atoms with van der Waals surface area (Å²) in [6.07, 6.45) is 6.84. The zero-order valence-electron chi connectivity index (χ0n) is 51.8. The Hall–Kier alpha value is -4.26. The fraction of sp³-hybridized carbons (Fsp3) is 0.750. The first-order valence-electron chi connectivity index (χ1n) is 29.5. The van der Waals surface area contributed by atoms with Crippen molar-refractivity contribution in [2.45, 2.75) is 71.3 Å². The van der Waals surface area contributed by atoms with Crippen molar-refractivity contribution in [2.24, 2.45) is 16.8 Å². The third-order valence-electron chi connectivity index (χ3n) is 11.4. The first kappa shape index (κ1) is 79.8. The summed E-state index contributed by atoms with van der Waals surface area (Å²) in [4.78, 5) is 69.3. The molecule has 2 aromatic rings. The van der Waals surface area contributed by atoms with Crippen LogP contribution >= 0.6 is 47.9 Å². The first-order chi connectivity index (χ1) is 42.9. The second-order valence-electron chi connectivity index (χ2n) is 19.3. The highest BCUT2D eigenvalue weighted by Crippen LogP contribution is 2.14. The van der Waals surface area contributed by atoms with Gasteiger partial charge in [0.25, 0.3) is 5.91 Å². The largest absolute Gasteiger partial charge is 0.445 e. The fourth-order valence-electron chi connectivity index (χ4n) is 7.17. The van der Waals surface area contributed by atoms with Crippen LogP contribution in [-0.4, -0.2) is 256 Å². The number of nitrogens with one attached hydrogen (secondary N) is 5. The number of thiol groups is 1. The van der Waals surface area contributed by atoms with Gasteiger partial charge in [-0.1, -0.05) is 36.3 Å². The van der Waals surface area contributed by atoms with Gasteiger partial charge < -0.3 is 94.0 Å². The number of nitrogens with zero attached hydrogens (tertiary/aromatic N) is 4. The summed E-state index contributed by atoms with van der Waals surface area (Å²) in [6.45, 7) is 14.8. The van der Waals surface area contributed by atoms with Crippen molar-refractivity contribution in [1.82, 2.24) is 36.3 Å². The van der Waals surface area contributed by atoms with Gasteiger partial charge in [0.15, 0.2) is 6.61 Å². The van der Waals surface area contributed by atoms with E-state index in [0.717, 1.165) is 24.5 Å². The molecule has 32 heteroatoms. The van der Waals surface area contributed by atoms with E-state index in [-0.39, 0.29) is 38.5 Å². The van der Waals surface area contributed by atoms with Crippen molar-refractivity contribution in [3.05, 3.63) is 41.7 Å². The van der Waals surface area contributed by atoms with Crippen LogP contribution in [0.5, 0.6) is 0 Å². The molecule has 0 fully saturated rings. The normalized spacial score (nSPS) is 12.2. The quantitative estimate of drug-likeness (QED) is 0.0164. The number of hydrogen-bond donors (Lipinski definition) is 7. The Balaban J connectivity index is 1.50. The molecule has 88 heavy (non-hydrogen) atoms. The molecule has 0 aliphatic heterocycles. The van der Waals surface area contributed by atoms with E-state index in [1.54, 1.807) is 58.7 Å². The average molecular weight is 1330 g/mol. The second kappa shape index (κ2) is 56.7. The van der Waals surface area contributed by atoms with Crippen molar-refractivity contribution < 1.29 is 85.7 Å². The predicted molar refractivity (Wildman–Crippen MR) is 342 cm³/mol. The topological polar surface area (TPSA) is 335 Å². The maximum absolute atomic E-state index is 13.6. The third-order valence-corrected chi connectivity index (χ3v) is 14.0. The molecule has 0 aliphatic carbocycles. The molecule has 0 unspecified atom stereocenters. The Bertz CT molecular complexity index is 2110. The highest BCUT2D eigenvalue weighted by Gasteiger charge is 2.28. The number of alkyl carbamates (subject to hydrolysis) is 1. The van der Waals surface area contributed by atoms with Crippen LogP contribution in [0.1, 0.15) is 50.8 Å². The standard InChI is InChI=1S/C56H98N10O18S4/c1-45(2)37-51(61-52(67)41-84-64-49(42-87-4)43-88-44-85)54(69)62-50(7-5-12-58-55(57)70)53(68)60-47-10-8-46(9-11-47)40-83-56(71)59-38-48-39-66(65-63-48)13-15-73-17-19-75-21-23-77-25-27-79-29-31-81-33-35-82-34-32-80-30-28-78-26-24-76-22-20-74-18-16-72-14-6-36-86-3/h8-11,39,45,50-51,85H,5-7,12-38,40-44H2,1-4H3,(H,59,71)(H,60,68)(H,61,67)(H,62,69)(H3,57,58,70)/b64-49+/t50-,51-/m0/s1. The van der Waals surface area contributed by atoms with Gasteiger partial charge in [0.05, 0.1) is 164 Å². The Labute approximate surface area is 537 Å². The summed E-state index contributed by atoms with van der Waals surface area (Å²) < 4.78 is 67.8. The highest BCUT2D eigenvalue weighted by atomic mass is 32.2. The van der Waals surface area contributed by atoms with E-state index in [0.29, 0.717) is 185 Å². The molecular weight excluding hydrogens is 1230 g/mol. The van der Waals surface area contributed by atoms with Crippen LogP contribution in [0.2, 0.25) is 0 Å². The van der Waals surface area contributed by atoms with E-state index in [9.17, 15) is 24.0 Å². The van der Waals surface area contributed by atoms with E-state index in [2.05, 4.69) is 60.9 Å². The molecule has 0 spiro atoms. The molecule has 7 N–H and O–H groups in total. The van der Waals surface area contributed by atoms with Crippen molar-refractivity contribution in [1.29, 1.82) is 0 Å². The minimum Gasteiger partial charge on any atom is -0.445 e. The number of amides is 6. The number of primary amides is 1. The number of nitrogens with two attached hydrogens (primary N) is 1. The molecule has 1 aromatic carbocycles. The van der Waals surface area contributed by atoms with Gasteiger partial charge in [0.1, 0.15) is 24.4 Å². The van der Waals surface area contributed by atoms with Gasteiger partial charge in [0.2, 0.25) is 11.8 Å². The summed E-state index contributed by atoms with van der Waals surface area (Å²) in [7, 11) is 0. The predicted octanol–water partition coefficient (Wildman–Crippen LogP) is 3.40. The zero-order chi connectivity index (χ0) is 63.8. The van der Waals surface area contributed by atoms with Gasteiger partial charge in [-0.05, 0) is 67.6 Å². The molecule has 6 amide bonds. The Morgan fingerprint density at radius 3 is 1.65 bits per heavy atom. The van der Waals surface area contributed by atoms with Gasteiger partial charge in [-0.3, -0.25) is 14.4 Å². The Kier molecular flexibility index (Phi) is 51.4. The van der Waals surface area contributed by atoms with Crippen LogP contribution in [0.15, 0.2) is 35.6 Å². The lowest BCUT2D eigenvalue weighted by Crippen LogP contribution is -2.53. The summed E-state index contributed by atoms with van der Waals surface area (Å²) in [6, 6.07) is 3.86. The van der Waals surface area contributed by atoms with E-state index in [4.69, 9.17) is 67.4 Å². The number of urea groups is 1. The third kappa shape index (κ3) is 46.8. The van der Waals surface area contributed by atoms with Gasteiger partial charge in [-0.2, -0.15) is 36.2 Å². The van der Waals surface area contributed by atoms with Gasteiger partial charge in [-0.15, -0.1) is 16.9 Å². The van der Waals surface area contributed by atoms with Crippen LogP contribution in [0.4, 0.5) is 15.3 Å². The molecule has 0 radical (unpaired) electrons. The number of carbonyl (C=O) groups is 5. The highest BCUT2D eigenvalue weighted by molar-refractivity contribution is 8.09. The summed E-state index contributed by atoms with van der Waals surface area (Å²) in [5.74, 6) is 0.706. The second-order valence-corrected chi connectivity index (χ2v) is 22.8. The maximum Gasteiger partial charge on any atom is 0.407 e. The van der Waals surface area contributed by atoms with Crippen LogP contribution in [0.3, 0.4) is 0 Å². The number of thioether (sulfide) groups is 3. The maximum atomic E-state index is 13.6. The van der Waals surface area contributed by atoms with Gasteiger partial charge in [-0.25, -0.2) is 14.3 Å². The van der Waals surface area contributed by atoms with E-state index < -0.39 is 48.5 Å². The van der Waals surface area contributed by atoms with E-state index in [1.807, 2.05) is 31.9 Å². The number of carbonyl (C=O) groups excluding carboxylic acids is 5. The van der Waals surface area contributed by atoms with Crippen LogP contribution in [-0.2, 0) is 95.8 Å². The molecule has 2 rings (SSSR count). The smallest absolute Gasteiger partial charge is 0.407 e. The Morgan fingerprint density at radius 2 is 1.16 bits per heavy atom.